The number of amides is 3. The first-order valence-corrected chi connectivity index (χ1v) is 17.2. The molecule has 6 rings (SSSR count). The number of nitrogens with one attached hydrogen (secondary N) is 3. The van der Waals surface area contributed by atoms with Crippen LogP contribution in [-0.2, 0) is 9.59 Å². The number of fused-ring (bicyclic) bond motifs is 1. The number of anilines is 2. The van der Waals surface area contributed by atoms with Crippen molar-refractivity contribution in [3.05, 3.63) is 150 Å². The lowest BCUT2D eigenvalue weighted by atomic mass is 10.1. The molecule has 0 saturated carbocycles. The Morgan fingerprint density at radius 3 is 2.14 bits per heavy atom. The predicted octanol–water partition coefficient (Wildman–Crippen LogP) is 8.20. The van der Waals surface area contributed by atoms with Crippen LogP contribution in [-0.4, -0.2) is 36.9 Å². The highest BCUT2D eigenvalue weighted by Crippen LogP contribution is 2.37. The van der Waals surface area contributed by atoms with Crippen molar-refractivity contribution in [2.24, 2.45) is 0 Å². The zero-order chi connectivity index (χ0) is 34.9. The molecule has 0 fully saturated rings. The van der Waals surface area contributed by atoms with Crippen LogP contribution in [0.4, 0.5) is 10.8 Å². The maximum atomic E-state index is 13.6. The number of thioether (sulfide) groups is 1. The molecule has 0 aliphatic rings. The minimum absolute atomic E-state index is 0.0279. The number of carbonyl (C=O) groups is 3. The Kier molecular flexibility index (Phi) is 10.9. The van der Waals surface area contributed by atoms with Gasteiger partial charge in [0.1, 0.15) is 10.9 Å². The van der Waals surface area contributed by atoms with Crippen LogP contribution in [0.5, 0.6) is 11.5 Å². The molecule has 1 aromatic heterocycles. The summed E-state index contributed by atoms with van der Waals surface area (Å²) in [5.74, 6) is -0.148. The minimum Gasteiger partial charge on any atom is -0.493 e. The van der Waals surface area contributed by atoms with Gasteiger partial charge < -0.3 is 25.4 Å². The Morgan fingerprint density at radius 2 is 1.44 bits per heavy atom. The van der Waals surface area contributed by atoms with Crippen molar-refractivity contribution in [2.45, 2.75) is 10.1 Å². The second kappa shape index (κ2) is 16.0. The molecular formula is C39H32N4O5S2. The summed E-state index contributed by atoms with van der Waals surface area (Å²) in [6.07, 6.45) is 1.57. The van der Waals surface area contributed by atoms with E-state index in [2.05, 4.69) is 20.9 Å². The van der Waals surface area contributed by atoms with E-state index < -0.39 is 17.1 Å². The van der Waals surface area contributed by atoms with E-state index in [1.165, 1.54) is 37.3 Å². The lowest BCUT2D eigenvalue weighted by Gasteiger charge is -2.17. The molecule has 250 valence electrons. The highest BCUT2D eigenvalue weighted by molar-refractivity contribution is 8.00. The Hall–Kier alpha value is -5.91. The Balaban J connectivity index is 1.20. The second-order valence-electron chi connectivity index (χ2n) is 10.9. The first kappa shape index (κ1) is 34.0. The fraction of sp³-hybridized carbons (Fsp3) is 0.0769. The fourth-order valence-corrected chi connectivity index (χ4v) is 6.89. The van der Waals surface area contributed by atoms with Crippen LogP contribution < -0.4 is 25.4 Å². The smallest absolute Gasteiger partial charge is 0.272 e. The number of aromatic nitrogens is 1. The number of ether oxygens (including phenoxy) is 2. The Labute approximate surface area is 297 Å². The van der Waals surface area contributed by atoms with E-state index in [0.717, 1.165) is 20.7 Å². The number of hydrogen-bond acceptors (Lipinski definition) is 8. The average molecular weight is 701 g/mol. The molecule has 0 bridgehead atoms. The van der Waals surface area contributed by atoms with Crippen molar-refractivity contribution in [1.82, 2.24) is 10.3 Å². The van der Waals surface area contributed by atoms with Gasteiger partial charge in [-0.25, -0.2) is 4.98 Å². The maximum absolute atomic E-state index is 13.6. The SMILES string of the molecule is COc1ccc(/C=C(\NC(=O)c2ccccc2)C(=O)Nc2ccc(SC(C(=O)Nc3nc4ccccc4s3)c3ccccc3)cc2)cc1OC. The predicted molar refractivity (Wildman–Crippen MR) is 200 cm³/mol. The summed E-state index contributed by atoms with van der Waals surface area (Å²) in [6, 6.07) is 38.3. The monoisotopic (exact) mass is 700 g/mol. The van der Waals surface area contributed by atoms with Crippen molar-refractivity contribution in [3.8, 4) is 11.5 Å². The van der Waals surface area contributed by atoms with E-state index >= 15 is 0 Å². The number of thiazole rings is 1. The van der Waals surface area contributed by atoms with Gasteiger partial charge in [0.2, 0.25) is 5.91 Å². The van der Waals surface area contributed by atoms with E-state index in [9.17, 15) is 14.4 Å². The quantitative estimate of drug-likeness (QED) is 0.0870. The van der Waals surface area contributed by atoms with Crippen LogP contribution in [0.25, 0.3) is 16.3 Å². The van der Waals surface area contributed by atoms with Gasteiger partial charge in [0.25, 0.3) is 11.8 Å². The van der Waals surface area contributed by atoms with Crippen LogP contribution in [0.2, 0.25) is 0 Å². The molecule has 1 unspecified atom stereocenters. The first-order chi connectivity index (χ1) is 24.4. The lowest BCUT2D eigenvalue weighted by molar-refractivity contribution is -0.116. The van der Waals surface area contributed by atoms with E-state index in [0.29, 0.717) is 33.4 Å². The summed E-state index contributed by atoms with van der Waals surface area (Å²) in [4.78, 5) is 45.7. The summed E-state index contributed by atoms with van der Waals surface area (Å²) < 4.78 is 11.7. The van der Waals surface area contributed by atoms with Crippen LogP contribution >= 0.6 is 23.1 Å². The van der Waals surface area contributed by atoms with E-state index in [1.54, 1.807) is 60.7 Å². The summed E-state index contributed by atoms with van der Waals surface area (Å²) in [7, 11) is 3.06. The van der Waals surface area contributed by atoms with Gasteiger partial charge in [0.15, 0.2) is 16.6 Å². The molecule has 1 heterocycles. The van der Waals surface area contributed by atoms with Gasteiger partial charge >= 0.3 is 0 Å². The summed E-state index contributed by atoms with van der Waals surface area (Å²) in [6.45, 7) is 0. The average Bonchev–Trinajstić information content (AvgIpc) is 3.57. The maximum Gasteiger partial charge on any atom is 0.272 e. The molecule has 9 nitrogen and oxygen atoms in total. The zero-order valence-corrected chi connectivity index (χ0v) is 28.7. The van der Waals surface area contributed by atoms with Crippen molar-refractivity contribution >= 4 is 67.9 Å². The molecule has 11 heteroatoms. The van der Waals surface area contributed by atoms with Gasteiger partial charge in [-0.15, -0.1) is 11.8 Å². The number of rotatable bonds is 12. The normalized spacial score (nSPS) is 11.8. The highest BCUT2D eigenvalue weighted by atomic mass is 32.2. The number of benzene rings is 5. The van der Waals surface area contributed by atoms with E-state index in [1.807, 2.05) is 72.8 Å². The zero-order valence-electron chi connectivity index (χ0n) is 27.1. The summed E-state index contributed by atoms with van der Waals surface area (Å²) in [5, 5.41) is 8.59. The number of para-hydroxylation sites is 1. The molecule has 6 aromatic rings. The third-order valence-electron chi connectivity index (χ3n) is 7.48. The van der Waals surface area contributed by atoms with Crippen LogP contribution in [0.15, 0.2) is 138 Å². The molecule has 50 heavy (non-hydrogen) atoms. The molecule has 3 amide bonds. The standard InChI is InChI=1S/C39H32N4O5S2/c1-47-32-22-17-25(24-33(32)48-2)23-31(41-36(44)27-13-7-4-8-14-27)37(45)40-28-18-20-29(21-19-28)49-35(26-11-5-3-6-12-26)38(46)43-39-42-30-15-9-10-16-34(30)50-39/h3-24,35H,1-2H3,(H,40,45)(H,41,44)(H,42,43,46)/b31-23-. The van der Waals surface area contributed by atoms with E-state index in [-0.39, 0.29) is 11.6 Å². The third kappa shape index (κ3) is 8.38. The molecule has 3 N–H and O–H groups in total. The second-order valence-corrected chi connectivity index (χ2v) is 13.1. The van der Waals surface area contributed by atoms with E-state index in [4.69, 9.17) is 9.47 Å². The van der Waals surface area contributed by atoms with Crippen molar-refractivity contribution < 1.29 is 23.9 Å². The minimum atomic E-state index is -0.562. The molecular weight excluding hydrogens is 669 g/mol. The van der Waals surface area contributed by atoms with Gasteiger partial charge in [-0.1, -0.05) is 78.1 Å². The van der Waals surface area contributed by atoms with Crippen molar-refractivity contribution in [1.29, 1.82) is 0 Å². The number of methoxy groups -OCH3 is 2. The summed E-state index contributed by atoms with van der Waals surface area (Å²) in [5.41, 5.74) is 3.22. The molecule has 0 saturated heterocycles. The van der Waals surface area contributed by atoms with Gasteiger partial charge in [-0.05, 0) is 77.9 Å². The highest BCUT2D eigenvalue weighted by Gasteiger charge is 2.24. The molecule has 1 atom stereocenters. The van der Waals surface area contributed by atoms with Gasteiger partial charge in [-0.3, -0.25) is 14.4 Å². The Bertz CT molecular complexity index is 2120. The van der Waals surface area contributed by atoms with Crippen molar-refractivity contribution in [2.75, 3.05) is 24.9 Å². The molecule has 0 aliphatic heterocycles. The number of hydrogen-bond donors (Lipinski definition) is 3. The van der Waals surface area contributed by atoms with Crippen LogP contribution in [0.1, 0.15) is 26.7 Å². The molecule has 0 aliphatic carbocycles. The summed E-state index contributed by atoms with van der Waals surface area (Å²) >= 11 is 2.81. The number of nitrogens with zero attached hydrogens (tertiary/aromatic N) is 1. The Morgan fingerprint density at radius 1 is 0.760 bits per heavy atom. The topological polar surface area (TPSA) is 119 Å². The first-order valence-electron chi connectivity index (χ1n) is 15.5. The largest absolute Gasteiger partial charge is 0.493 e. The third-order valence-corrected chi connectivity index (χ3v) is 9.70. The molecule has 0 radical (unpaired) electrons. The molecule has 0 spiro atoms. The lowest BCUT2D eigenvalue weighted by Crippen LogP contribution is -2.30. The number of carbonyl (C=O) groups excluding carboxylic acids is 3. The van der Waals surface area contributed by atoms with Crippen LogP contribution in [0, 0.1) is 0 Å². The van der Waals surface area contributed by atoms with Crippen molar-refractivity contribution in [3.63, 3.8) is 0 Å². The van der Waals surface area contributed by atoms with Crippen LogP contribution in [0.3, 0.4) is 0 Å². The van der Waals surface area contributed by atoms with Gasteiger partial charge in [-0.2, -0.15) is 0 Å². The fourth-order valence-electron chi connectivity index (χ4n) is 5.00. The van der Waals surface area contributed by atoms with Gasteiger partial charge in [0, 0.05) is 16.1 Å². The van der Waals surface area contributed by atoms with Gasteiger partial charge in [0.05, 0.1) is 24.4 Å². The molecule has 5 aromatic carbocycles.